The Kier molecular flexibility index (Phi) is 5.49. The Morgan fingerprint density at radius 3 is 2.93 bits per heavy atom. The van der Waals surface area contributed by atoms with Crippen molar-refractivity contribution in [2.75, 3.05) is 20.1 Å². The zero-order valence-corrected chi connectivity index (χ0v) is 16.5. The van der Waals surface area contributed by atoms with Crippen molar-refractivity contribution in [2.45, 2.75) is 18.8 Å². The first kappa shape index (κ1) is 19.8. The van der Waals surface area contributed by atoms with Gasteiger partial charge in [-0.15, -0.1) is 0 Å². The summed E-state index contributed by atoms with van der Waals surface area (Å²) < 4.78 is 28.8. The van der Waals surface area contributed by atoms with E-state index < -0.39 is 11.6 Å². The second-order valence-electron chi connectivity index (χ2n) is 7.22. The summed E-state index contributed by atoms with van der Waals surface area (Å²) in [5, 5.41) is 10.1. The van der Waals surface area contributed by atoms with Crippen molar-refractivity contribution < 1.29 is 14.0 Å². The van der Waals surface area contributed by atoms with Gasteiger partial charge in [-0.1, -0.05) is 17.7 Å². The Balaban J connectivity index is 1.84. The SMILES string of the molecule is CN1CCCC(c2nc3c(F)c(F)cc(C(=Nc4cccc(Cl)c4)NO)c3[nH]2)C1. The van der Waals surface area contributed by atoms with E-state index in [1.807, 2.05) is 12.5 Å². The summed E-state index contributed by atoms with van der Waals surface area (Å²) in [6.45, 7) is 1.77. The number of nitrogens with zero attached hydrogens (tertiary/aromatic N) is 3. The standard InChI is InChI=1S/C20H20ClF2N5O/c1-28-7-3-4-11(10-28)19-25-17-14(9-15(22)16(23)18(17)26-19)20(27-29)24-13-6-2-5-12(21)8-13/h2,5-6,8-9,11,29H,3-4,7,10H2,1H3,(H,24,27)(H,25,26). The second-order valence-corrected chi connectivity index (χ2v) is 7.66. The van der Waals surface area contributed by atoms with Crippen molar-refractivity contribution in [3.05, 3.63) is 58.4 Å². The van der Waals surface area contributed by atoms with Crippen molar-refractivity contribution >= 4 is 34.2 Å². The molecule has 4 rings (SSSR count). The Labute approximate surface area is 171 Å². The van der Waals surface area contributed by atoms with Crippen molar-refractivity contribution in [2.24, 2.45) is 4.99 Å². The van der Waals surface area contributed by atoms with E-state index >= 15 is 0 Å². The highest BCUT2D eigenvalue weighted by Crippen LogP contribution is 2.30. The quantitative estimate of drug-likeness (QED) is 0.335. The van der Waals surface area contributed by atoms with Crippen LogP contribution in [0.15, 0.2) is 35.3 Å². The van der Waals surface area contributed by atoms with Crippen LogP contribution in [-0.4, -0.2) is 46.0 Å². The van der Waals surface area contributed by atoms with Crippen LogP contribution in [0.1, 0.15) is 30.1 Å². The number of likely N-dealkylation sites (N-methyl/N-ethyl adjacent to an activating group) is 1. The molecule has 0 saturated carbocycles. The maximum atomic E-state index is 14.5. The predicted molar refractivity (Wildman–Crippen MR) is 108 cm³/mol. The molecule has 0 radical (unpaired) electrons. The number of aromatic nitrogens is 2. The molecule has 1 aromatic heterocycles. The third-order valence-electron chi connectivity index (χ3n) is 5.10. The molecule has 0 amide bonds. The molecule has 3 N–H and O–H groups in total. The van der Waals surface area contributed by atoms with Gasteiger partial charge in [0, 0.05) is 23.0 Å². The maximum absolute atomic E-state index is 14.5. The fraction of sp³-hybridized carbons (Fsp3) is 0.300. The van der Waals surface area contributed by atoms with Crippen LogP contribution in [0.4, 0.5) is 14.5 Å². The second kappa shape index (κ2) is 8.06. The number of nitrogens with one attached hydrogen (secondary N) is 2. The summed E-state index contributed by atoms with van der Waals surface area (Å²) in [5.41, 5.74) is 2.76. The molecule has 1 aliphatic rings. The Morgan fingerprint density at radius 2 is 2.21 bits per heavy atom. The number of piperidine rings is 1. The molecule has 1 fully saturated rings. The molecule has 29 heavy (non-hydrogen) atoms. The van der Waals surface area contributed by atoms with Crippen LogP contribution in [0, 0.1) is 11.6 Å². The molecule has 6 nitrogen and oxygen atoms in total. The summed E-state index contributed by atoms with van der Waals surface area (Å²) in [5.74, 6) is -1.47. The third kappa shape index (κ3) is 3.96. The monoisotopic (exact) mass is 419 g/mol. The smallest absolute Gasteiger partial charge is 0.186 e. The molecule has 1 unspecified atom stereocenters. The van der Waals surface area contributed by atoms with Gasteiger partial charge in [0.05, 0.1) is 11.2 Å². The Morgan fingerprint density at radius 1 is 1.38 bits per heavy atom. The molecular formula is C20H20ClF2N5O. The average molecular weight is 420 g/mol. The van der Waals surface area contributed by atoms with E-state index in [0.29, 0.717) is 16.5 Å². The van der Waals surface area contributed by atoms with E-state index in [4.69, 9.17) is 11.6 Å². The lowest BCUT2D eigenvalue weighted by molar-refractivity contribution is 0.235. The number of aromatic amines is 1. The number of benzene rings is 2. The molecule has 2 aromatic carbocycles. The largest absolute Gasteiger partial charge is 0.341 e. The predicted octanol–water partition coefficient (Wildman–Crippen LogP) is 4.36. The maximum Gasteiger partial charge on any atom is 0.186 e. The van der Waals surface area contributed by atoms with Crippen LogP contribution >= 0.6 is 11.6 Å². The lowest BCUT2D eigenvalue weighted by Crippen LogP contribution is -2.31. The summed E-state index contributed by atoms with van der Waals surface area (Å²) in [6.07, 6.45) is 1.91. The van der Waals surface area contributed by atoms with Crippen molar-refractivity contribution in [1.29, 1.82) is 0 Å². The van der Waals surface area contributed by atoms with Crippen molar-refractivity contribution in [3.63, 3.8) is 0 Å². The van der Waals surface area contributed by atoms with Crippen molar-refractivity contribution in [3.8, 4) is 0 Å². The molecule has 2 heterocycles. The number of rotatable bonds is 3. The number of imidazole rings is 1. The molecule has 1 saturated heterocycles. The van der Waals surface area contributed by atoms with E-state index in [0.717, 1.165) is 32.0 Å². The lowest BCUT2D eigenvalue weighted by Gasteiger charge is -2.28. The van der Waals surface area contributed by atoms with Crippen LogP contribution in [0.25, 0.3) is 11.0 Å². The van der Waals surface area contributed by atoms with Gasteiger partial charge in [0.1, 0.15) is 11.3 Å². The highest BCUT2D eigenvalue weighted by Gasteiger charge is 2.25. The number of halogens is 3. The van der Waals surface area contributed by atoms with Crippen LogP contribution in [-0.2, 0) is 0 Å². The number of hydrogen-bond donors (Lipinski definition) is 3. The number of fused-ring (bicyclic) bond motifs is 1. The van der Waals surface area contributed by atoms with Gasteiger partial charge in [0.2, 0.25) is 0 Å². The van der Waals surface area contributed by atoms with E-state index in [2.05, 4.69) is 19.9 Å². The fourth-order valence-corrected chi connectivity index (χ4v) is 3.90. The summed E-state index contributed by atoms with van der Waals surface area (Å²) >= 11 is 5.98. The van der Waals surface area contributed by atoms with Gasteiger partial charge >= 0.3 is 0 Å². The van der Waals surface area contributed by atoms with Crippen LogP contribution in [0.5, 0.6) is 0 Å². The molecule has 3 aromatic rings. The number of amidine groups is 1. The van der Waals surface area contributed by atoms with Gasteiger partial charge in [0.25, 0.3) is 0 Å². The molecule has 0 bridgehead atoms. The molecule has 1 aliphatic heterocycles. The number of likely N-dealkylation sites (tertiary alicyclic amines) is 1. The number of hydrogen-bond acceptors (Lipinski definition) is 4. The lowest BCUT2D eigenvalue weighted by atomic mass is 9.98. The van der Waals surface area contributed by atoms with Gasteiger partial charge in [-0.25, -0.2) is 18.8 Å². The molecule has 152 valence electrons. The van der Waals surface area contributed by atoms with Gasteiger partial charge in [-0.05, 0) is 50.7 Å². The van der Waals surface area contributed by atoms with E-state index in [-0.39, 0.29) is 28.4 Å². The Bertz CT molecular complexity index is 1080. The summed E-state index contributed by atoms with van der Waals surface area (Å²) in [7, 11) is 2.02. The summed E-state index contributed by atoms with van der Waals surface area (Å²) in [4.78, 5) is 13.9. The van der Waals surface area contributed by atoms with Gasteiger partial charge < -0.3 is 9.88 Å². The first-order valence-corrected chi connectivity index (χ1v) is 9.65. The van der Waals surface area contributed by atoms with Crippen LogP contribution < -0.4 is 5.48 Å². The highest BCUT2D eigenvalue weighted by atomic mass is 35.5. The summed E-state index contributed by atoms with van der Waals surface area (Å²) in [6, 6.07) is 7.64. The molecule has 0 spiro atoms. The molecular weight excluding hydrogens is 400 g/mol. The number of aliphatic imine (C=N–C) groups is 1. The minimum Gasteiger partial charge on any atom is -0.341 e. The van der Waals surface area contributed by atoms with E-state index in [9.17, 15) is 14.0 Å². The van der Waals surface area contributed by atoms with Gasteiger partial charge in [-0.2, -0.15) is 0 Å². The zero-order valence-electron chi connectivity index (χ0n) is 15.7. The molecule has 1 atom stereocenters. The first-order valence-electron chi connectivity index (χ1n) is 9.27. The normalized spacial score (nSPS) is 18.4. The van der Waals surface area contributed by atoms with E-state index in [1.54, 1.807) is 24.3 Å². The molecule has 9 heteroatoms. The number of H-pyrrole nitrogens is 1. The highest BCUT2D eigenvalue weighted by molar-refractivity contribution is 6.30. The Hall–Kier alpha value is -2.55. The van der Waals surface area contributed by atoms with Gasteiger partial charge in [0.15, 0.2) is 17.5 Å². The van der Waals surface area contributed by atoms with Gasteiger partial charge in [-0.3, -0.25) is 10.7 Å². The topological polar surface area (TPSA) is 76.5 Å². The van der Waals surface area contributed by atoms with Crippen LogP contribution in [0.3, 0.4) is 0 Å². The van der Waals surface area contributed by atoms with E-state index in [1.165, 1.54) is 0 Å². The average Bonchev–Trinajstić information content (AvgIpc) is 3.15. The minimum absolute atomic E-state index is 0.0490. The fourth-order valence-electron chi connectivity index (χ4n) is 3.71. The zero-order chi connectivity index (χ0) is 20.5. The van der Waals surface area contributed by atoms with Crippen LogP contribution in [0.2, 0.25) is 5.02 Å². The molecule has 0 aliphatic carbocycles. The first-order chi connectivity index (χ1) is 14.0. The third-order valence-corrected chi connectivity index (χ3v) is 5.34. The number of hydroxylamine groups is 1. The minimum atomic E-state index is -1.07. The van der Waals surface area contributed by atoms with Crippen molar-refractivity contribution in [1.82, 2.24) is 20.3 Å².